The zero-order valence-corrected chi connectivity index (χ0v) is 9.52. The van der Waals surface area contributed by atoms with Gasteiger partial charge in [-0.15, -0.1) is 0 Å². The Labute approximate surface area is 107 Å². The van der Waals surface area contributed by atoms with Gasteiger partial charge in [0.25, 0.3) is 11.4 Å². The molecule has 0 aliphatic heterocycles. The molecule has 0 unspecified atom stereocenters. The number of rotatable bonds is 3. The lowest BCUT2D eigenvalue weighted by molar-refractivity contribution is -0.393. The standard InChI is InChI=1S/C12H8N2O5/c15-12-4-2-1-3-10(12)9-6-5-8(13(16)17)7-11(9)14(18)19/h1-7,15H. The van der Waals surface area contributed by atoms with Crippen molar-refractivity contribution in [1.82, 2.24) is 0 Å². The second-order valence-electron chi connectivity index (χ2n) is 3.73. The average molecular weight is 260 g/mol. The van der Waals surface area contributed by atoms with E-state index in [1.54, 1.807) is 12.1 Å². The summed E-state index contributed by atoms with van der Waals surface area (Å²) in [6.45, 7) is 0. The molecule has 2 rings (SSSR count). The highest BCUT2D eigenvalue weighted by Crippen LogP contribution is 2.37. The van der Waals surface area contributed by atoms with Crippen molar-refractivity contribution in [2.75, 3.05) is 0 Å². The molecule has 0 atom stereocenters. The largest absolute Gasteiger partial charge is 0.507 e. The normalized spacial score (nSPS) is 10.1. The Bertz CT molecular complexity index is 669. The van der Waals surface area contributed by atoms with E-state index in [1.807, 2.05) is 0 Å². The Morgan fingerprint density at radius 3 is 2.16 bits per heavy atom. The first-order valence-electron chi connectivity index (χ1n) is 5.22. The van der Waals surface area contributed by atoms with Crippen LogP contribution in [0.3, 0.4) is 0 Å². The first kappa shape index (κ1) is 12.5. The van der Waals surface area contributed by atoms with Gasteiger partial charge in [-0.1, -0.05) is 18.2 Å². The number of non-ortho nitro benzene ring substituents is 1. The summed E-state index contributed by atoms with van der Waals surface area (Å²) in [7, 11) is 0. The van der Waals surface area contributed by atoms with E-state index >= 15 is 0 Å². The highest BCUT2D eigenvalue weighted by molar-refractivity contribution is 5.79. The van der Waals surface area contributed by atoms with Crippen LogP contribution in [0.15, 0.2) is 42.5 Å². The maximum Gasteiger partial charge on any atom is 0.284 e. The van der Waals surface area contributed by atoms with Crippen LogP contribution in [0.25, 0.3) is 11.1 Å². The number of nitrogens with zero attached hydrogens (tertiary/aromatic N) is 2. The van der Waals surface area contributed by atoms with Crippen LogP contribution >= 0.6 is 0 Å². The van der Waals surface area contributed by atoms with Gasteiger partial charge in [0.15, 0.2) is 0 Å². The molecular weight excluding hydrogens is 252 g/mol. The Morgan fingerprint density at radius 1 is 0.895 bits per heavy atom. The van der Waals surface area contributed by atoms with E-state index in [1.165, 1.54) is 18.2 Å². The van der Waals surface area contributed by atoms with Crippen LogP contribution in [-0.2, 0) is 0 Å². The molecule has 0 aromatic heterocycles. The van der Waals surface area contributed by atoms with E-state index in [4.69, 9.17) is 0 Å². The van der Waals surface area contributed by atoms with Gasteiger partial charge in [0.1, 0.15) is 5.75 Å². The number of benzene rings is 2. The van der Waals surface area contributed by atoms with E-state index in [9.17, 15) is 25.3 Å². The Kier molecular flexibility index (Phi) is 3.11. The number of nitro groups is 2. The van der Waals surface area contributed by atoms with Gasteiger partial charge in [-0.2, -0.15) is 0 Å². The molecule has 0 saturated heterocycles. The summed E-state index contributed by atoms with van der Waals surface area (Å²) in [6.07, 6.45) is 0. The van der Waals surface area contributed by atoms with Gasteiger partial charge in [0.2, 0.25) is 0 Å². The lowest BCUT2D eigenvalue weighted by atomic mass is 10.0. The van der Waals surface area contributed by atoms with E-state index in [-0.39, 0.29) is 22.6 Å². The fraction of sp³-hybridized carbons (Fsp3) is 0. The van der Waals surface area contributed by atoms with E-state index < -0.39 is 15.5 Å². The summed E-state index contributed by atoms with van der Waals surface area (Å²) in [4.78, 5) is 20.2. The predicted molar refractivity (Wildman–Crippen MR) is 66.9 cm³/mol. The summed E-state index contributed by atoms with van der Waals surface area (Å²) in [5, 5.41) is 31.3. The maximum atomic E-state index is 11.0. The van der Waals surface area contributed by atoms with E-state index in [2.05, 4.69) is 0 Å². The molecule has 0 aliphatic rings. The highest BCUT2D eigenvalue weighted by Gasteiger charge is 2.21. The highest BCUT2D eigenvalue weighted by atomic mass is 16.6. The lowest BCUT2D eigenvalue weighted by Crippen LogP contribution is -1.95. The number of hydrogen-bond donors (Lipinski definition) is 1. The number of para-hydroxylation sites is 1. The quantitative estimate of drug-likeness (QED) is 0.674. The second-order valence-corrected chi connectivity index (χ2v) is 3.73. The first-order valence-corrected chi connectivity index (χ1v) is 5.22. The fourth-order valence-corrected chi connectivity index (χ4v) is 1.71. The Hall–Kier alpha value is -2.96. The van der Waals surface area contributed by atoms with Crippen molar-refractivity contribution in [3.63, 3.8) is 0 Å². The molecule has 0 heterocycles. The van der Waals surface area contributed by atoms with Gasteiger partial charge in [-0.25, -0.2) is 0 Å². The number of phenols is 1. The third-order valence-electron chi connectivity index (χ3n) is 2.58. The van der Waals surface area contributed by atoms with Crippen molar-refractivity contribution in [2.24, 2.45) is 0 Å². The summed E-state index contributed by atoms with van der Waals surface area (Å²) >= 11 is 0. The summed E-state index contributed by atoms with van der Waals surface area (Å²) in [5.74, 6) is -0.126. The maximum absolute atomic E-state index is 11.0. The topological polar surface area (TPSA) is 107 Å². The molecule has 0 aliphatic carbocycles. The number of nitro benzene ring substituents is 2. The molecule has 19 heavy (non-hydrogen) atoms. The summed E-state index contributed by atoms with van der Waals surface area (Å²) in [6, 6.07) is 9.38. The van der Waals surface area contributed by atoms with Crippen LogP contribution in [0, 0.1) is 20.2 Å². The third kappa shape index (κ3) is 2.34. The van der Waals surface area contributed by atoms with Crippen LogP contribution in [0.5, 0.6) is 5.75 Å². The first-order chi connectivity index (χ1) is 9.00. The Balaban J connectivity index is 2.67. The predicted octanol–water partition coefficient (Wildman–Crippen LogP) is 2.88. The van der Waals surface area contributed by atoms with Gasteiger partial charge in [-0.3, -0.25) is 20.2 Å². The molecule has 0 spiro atoms. The minimum atomic E-state index is -0.714. The molecule has 96 valence electrons. The number of aromatic hydroxyl groups is 1. The molecule has 7 heteroatoms. The van der Waals surface area contributed by atoms with Crippen molar-refractivity contribution in [1.29, 1.82) is 0 Å². The number of phenolic OH excluding ortho intramolecular Hbond substituents is 1. The van der Waals surface area contributed by atoms with Gasteiger partial charge in [-0.05, 0) is 12.1 Å². The van der Waals surface area contributed by atoms with Crippen LogP contribution in [-0.4, -0.2) is 15.0 Å². The SMILES string of the molecule is O=[N+]([O-])c1ccc(-c2ccccc2O)c([N+](=O)[O-])c1. The van der Waals surface area contributed by atoms with Crippen LogP contribution in [0.2, 0.25) is 0 Å². The molecule has 0 amide bonds. The molecule has 1 N–H and O–H groups in total. The minimum absolute atomic E-state index is 0.126. The molecule has 2 aromatic rings. The molecule has 0 saturated carbocycles. The summed E-state index contributed by atoms with van der Waals surface area (Å²) in [5.41, 5.74) is -0.403. The molecule has 0 bridgehead atoms. The van der Waals surface area contributed by atoms with Crippen molar-refractivity contribution >= 4 is 11.4 Å². The smallest absolute Gasteiger partial charge is 0.284 e. The third-order valence-corrected chi connectivity index (χ3v) is 2.58. The molecular formula is C12H8N2O5. The van der Waals surface area contributed by atoms with Gasteiger partial charge in [0, 0.05) is 11.6 Å². The second kappa shape index (κ2) is 4.73. The van der Waals surface area contributed by atoms with Crippen LogP contribution in [0.4, 0.5) is 11.4 Å². The van der Waals surface area contributed by atoms with Crippen LogP contribution < -0.4 is 0 Å². The van der Waals surface area contributed by atoms with Gasteiger partial charge < -0.3 is 5.11 Å². The van der Waals surface area contributed by atoms with Crippen LogP contribution in [0.1, 0.15) is 0 Å². The molecule has 0 radical (unpaired) electrons. The van der Waals surface area contributed by atoms with Crippen molar-refractivity contribution in [3.8, 4) is 16.9 Å². The molecule has 0 fully saturated rings. The van der Waals surface area contributed by atoms with Gasteiger partial charge in [0.05, 0.1) is 21.5 Å². The lowest BCUT2D eigenvalue weighted by Gasteiger charge is -2.05. The monoisotopic (exact) mass is 260 g/mol. The zero-order chi connectivity index (χ0) is 14.0. The van der Waals surface area contributed by atoms with Crippen molar-refractivity contribution in [3.05, 3.63) is 62.7 Å². The van der Waals surface area contributed by atoms with Crippen molar-refractivity contribution in [2.45, 2.75) is 0 Å². The minimum Gasteiger partial charge on any atom is -0.507 e. The number of hydrogen-bond acceptors (Lipinski definition) is 5. The van der Waals surface area contributed by atoms with E-state index in [0.29, 0.717) is 0 Å². The molecule has 2 aromatic carbocycles. The van der Waals surface area contributed by atoms with Gasteiger partial charge >= 0.3 is 0 Å². The molecule has 7 nitrogen and oxygen atoms in total. The zero-order valence-electron chi connectivity index (χ0n) is 9.52. The van der Waals surface area contributed by atoms with E-state index in [0.717, 1.165) is 12.1 Å². The fourth-order valence-electron chi connectivity index (χ4n) is 1.71. The van der Waals surface area contributed by atoms with Crippen molar-refractivity contribution < 1.29 is 15.0 Å². The average Bonchev–Trinajstić information content (AvgIpc) is 2.38. The summed E-state index contributed by atoms with van der Waals surface area (Å²) < 4.78 is 0. The Morgan fingerprint density at radius 2 is 1.58 bits per heavy atom.